The first-order valence-electron chi connectivity index (χ1n) is 9.48. The van der Waals surface area contributed by atoms with Crippen LogP contribution in [0.25, 0.3) is 0 Å². The molecule has 7 heteroatoms. The molecule has 2 aromatic carbocycles. The standard InChI is InChI=1S/C22H26N2O5/c1-27-18-7-5-4-6-17(18)22(26)24-12-10-23(11-13-24)21(25)15-16-8-9-19(28-2)20(14-16)29-3/h4-9,14H,10-13,15H2,1-3H3. The van der Waals surface area contributed by atoms with Gasteiger partial charge in [0, 0.05) is 26.2 Å². The fourth-order valence-electron chi connectivity index (χ4n) is 3.43. The lowest BCUT2D eigenvalue weighted by Gasteiger charge is -2.35. The first kappa shape index (κ1) is 20.5. The molecule has 2 aromatic rings. The number of piperazine rings is 1. The average Bonchev–Trinajstić information content (AvgIpc) is 2.78. The summed E-state index contributed by atoms with van der Waals surface area (Å²) in [6.07, 6.45) is 0.279. The third-order valence-corrected chi connectivity index (χ3v) is 5.06. The maximum absolute atomic E-state index is 12.8. The zero-order valence-corrected chi connectivity index (χ0v) is 17.0. The number of carbonyl (C=O) groups excluding carboxylic acids is 2. The summed E-state index contributed by atoms with van der Waals surface area (Å²) in [6, 6.07) is 12.7. The highest BCUT2D eigenvalue weighted by molar-refractivity contribution is 5.97. The van der Waals surface area contributed by atoms with Crippen molar-refractivity contribution in [1.82, 2.24) is 9.80 Å². The zero-order valence-electron chi connectivity index (χ0n) is 17.0. The molecule has 0 radical (unpaired) electrons. The number of nitrogens with zero attached hydrogens (tertiary/aromatic N) is 2. The molecule has 0 atom stereocenters. The van der Waals surface area contributed by atoms with Crippen LogP contribution in [0.4, 0.5) is 0 Å². The number of carbonyl (C=O) groups is 2. The van der Waals surface area contributed by atoms with Gasteiger partial charge in [-0.1, -0.05) is 18.2 Å². The number of methoxy groups -OCH3 is 3. The van der Waals surface area contributed by atoms with Crippen LogP contribution >= 0.6 is 0 Å². The number of benzene rings is 2. The molecule has 154 valence electrons. The van der Waals surface area contributed by atoms with Gasteiger partial charge in [0.2, 0.25) is 5.91 Å². The Morgan fingerprint density at radius 2 is 1.41 bits per heavy atom. The summed E-state index contributed by atoms with van der Waals surface area (Å²) < 4.78 is 15.8. The van der Waals surface area contributed by atoms with Gasteiger partial charge in [-0.25, -0.2) is 0 Å². The molecule has 0 unspecified atom stereocenters. The van der Waals surface area contributed by atoms with Crippen LogP contribution in [-0.2, 0) is 11.2 Å². The third-order valence-electron chi connectivity index (χ3n) is 5.06. The minimum absolute atomic E-state index is 0.0293. The molecule has 0 saturated carbocycles. The molecule has 1 heterocycles. The Bertz CT molecular complexity index is 875. The molecular weight excluding hydrogens is 372 g/mol. The topological polar surface area (TPSA) is 68.3 Å². The van der Waals surface area contributed by atoms with E-state index in [4.69, 9.17) is 14.2 Å². The molecule has 1 aliphatic rings. The predicted molar refractivity (Wildman–Crippen MR) is 109 cm³/mol. The van der Waals surface area contributed by atoms with E-state index < -0.39 is 0 Å². The van der Waals surface area contributed by atoms with Crippen molar-refractivity contribution in [3.63, 3.8) is 0 Å². The van der Waals surface area contributed by atoms with Crippen LogP contribution in [0, 0.1) is 0 Å². The largest absolute Gasteiger partial charge is 0.496 e. The number of rotatable bonds is 6. The van der Waals surface area contributed by atoms with Gasteiger partial charge in [-0.3, -0.25) is 9.59 Å². The van der Waals surface area contributed by atoms with Crippen LogP contribution in [0.15, 0.2) is 42.5 Å². The van der Waals surface area contributed by atoms with Crippen LogP contribution in [0.3, 0.4) is 0 Å². The van der Waals surface area contributed by atoms with Crippen molar-refractivity contribution < 1.29 is 23.8 Å². The highest BCUT2D eigenvalue weighted by atomic mass is 16.5. The lowest BCUT2D eigenvalue weighted by Crippen LogP contribution is -2.51. The van der Waals surface area contributed by atoms with Crippen LogP contribution in [-0.4, -0.2) is 69.1 Å². The van der Waals surface area contributed by atoms with Crippen molar-refractivity contribution in [3.05, 3.63) is 53.6 Å². The Kier molecular flexibility index (Phi) is 6.59. The number of ether oxygens (including phenoxy) is 3. The van der Waals surface area contributed by atoms with E-state index in [0.717, 1.165) is 5.56 Å². The molecule has 29 heavy (non-hydrogen) atoms. The van der Waals surface area contributed by atoms with Gasteiger partial charge in [-0.2, -0.15) is 0 Å². The third kappa shape index (κ3) is 4.62. The van der Waals surface area contributed by atoms with Crippen LogP contribution in [0.2, 0.25) is 0 Å². The summed E-state index contributed by atoms with van der Waals surface area (Å²) in [5.74, 6) is 1.75. The summed E-state index contributed by atoms with van der Waals surface area (Å²) in [5, 5.41) is 0. The van der Waals surface area contributed by atoms with E-state index in [9.17, 15) is 9.59 Å². The normalized spacial score (nSPS) is 13.8. The highest BCUT2D eigenvalue weighted by Gasteiger charge is 2.26. The molecule has 1 aliphatic heterocycles. The van der Waals surface area contributed by atoms with Gasteiger partial charge >= 0.3 is 0 Å². The van der Waals surface area contributed by atoms with E-state index in [1.165, 1.54) is 0 Å². The number of hydrogen-bond acceptors (Lipinski definition) is 5. The van der Waals surface area contributed by atoms with E-state index in [2.05, 4.69) is 0 Å². The zero-order chi connectivity index (χ0) is 20.8. The molecule has 3 rings (SSSR count). The van der Waals surface area contributed by atoms with E-state index in [1.54, 1.807) is 49.3 Å². The fourth-order valence-corrected chi connectivity index (χ4v) is 3.43. The van der Waals surface area contributed by atoms with Gasteiger partial charge in [0.15, 0.2) is 11.5 Å². The van der Waals surface area contributed by atoms with E-state index in [1.807, 2.05) is 24.3 Å². The summed E-state index contributed by atoms with van der Waals surface area (Å²) in [4.78, 5) is 29.0. The Labute approximate surface area is 170 Å². The second-order valence-corrected chi connectivity index (χ2v) is 6.74. The minimum Gasteiger partial charge on any atom is -0.496 e. The Morgan fingerprint density at radius 1 is 0.793 bits per heavy atom. The second kappa shape index (κ2) is 9.32. The van der Waals surface area contributed by atoms with Crippen LogP contribution in [0.1, 0.15) is 15.9 Å². The molecule has 1 fully saturated rings. The maximum Gasteiger partial charge on any atom is 0.257 e. The van der Waals surface area contributed by atoms with Gasteiger partial charge in [0.25, 0.3) is 5.91 Å². The second-order valence-electron chi connectivity index (χ2n) is 6.74. The van der Waals surface area contributed by atoms with Gasteiger partial charge in [-0.05, 0) is 29.8 Å². The molecule has 1 saturated heterocycles. The van der Waals surface area contributed by atoms with Crippen molar-refractivity contribution in [3.8, 4) is 17.2 Å². The summed E-state index contributed by atoms with van der Waals surface area (Å²) in [5.41, 5.74) is 1.40. The number of hydrogen-bond donors (Lipinski definition) is 0. The van der Waals surface area contributed by atoms with E-state index >= 15 is 0 Å². The average molecular weight is 398 g/mol. The first-order chi connectivity index (χ1) is 14.1. The van der Waals surface area contributed by atoms with Crippen molar-refractivity contribution in [2.45, 2.75) is 6.42 Å². The lowest BCUT2D eigenvalue weighted by atomic mass is 10.1. The molecule has 0 N–H and O–H groups in total. The van der Waals surface area contributed by atoms with Gasteiger partial charge < -0.3 is 24.0 Å². The molecular formula is C22H26N2O5. The van der Waals surface area contributed by atoms with Crippen molar-refractivity contribution in [1.29, 1.82) is 0 Å². The Morgan fingerprint density at radius 3 is 2.07 bits per heavy atom. The number of para-hydroxylation sites is 1. The Hall–Kier alpha value is -3.22. The van der Waals surface area contributed by atoms with Gasteiger partial charge in [0.1, 0.15) is 5.75 Å². The maximum atomic E-state index is 12.8. The highest BCUT2D eigenvalue weighted by Crippen LogP contribution is 2.28. The molecule has 0 aromatic heterocycles. The van der Waals surface area contributed by atoms with Crippen LogP contribution < -0.4 is 14.2 Å². The van der Waals surface area contributed by atoms with Crippen LogP contribution in [0.5, 0.6) is 17.2 Å². The molecule has 7 nitrogen and oxygen atoms in total. The minimum atomic E-state index is -0.0746. The SMILES string of the molecule is COc1ccc(CC(=O)N2CCN(C(=O)c3ccccc3OC)CC2)cc1OC. The lowest BCUT2D eigenvalue weighted by molar-refractivity contribution is -0.131. The van der Waals surface area contributed by atoms with Gasteiger partial charge in [-0.15, -0.1) is 0 Å². The van der Waals surface area contributed by atoms with Crippen molar-refractivity contribution in [2.24, 2.45) is 0 Å². The molecule has 0 spiro atoms. The Balaban J connectivity index is 1.59. The monoisotopic (exact) mass is 398 g/mol. The van der Waals surface area contributed by atoms with E-state index in [-0.39, 0.29) is 18.2 Å². The van der Waals surface area contributed by atoms with Crippen molar-refractivity contribution >= 4 is 11.8 Å². The fraction of sp³-hybridized carbons (Fsp3) is 0.364. The van der Waals surface area contributed by atoms with E-state index in [0.29, 0.717) is 49.0 Å². The first-order valence-corrected chi connectivity index (χ1v) is 9.48. The quantitative estimate of drug-likeness (QED) is 0.747. The predicted octanol–water partition coefficient (Wildman–Crippen LogP) is 2.24. The molecule has 0 aliphatic carbocycles. The summed E-state index contributed by atoms with van der Waals surface area (Å²) in [6.45, 7) is 2.00. The summed E-state index contributed by atoms with van der Waals surface area (Å²) in [7, 11) is 4.70. The molecule has 2 amide bonds. The molecule has 0 bridgehead atoms. The van der Waals surface area contributed by atoms with Gasteiger partial charge in [0.05, 0.1) is 33.3 Å². The smallest absolute Gasteiger partial charge is 0.257 e. The summed E-state index contributed by atoms with van der Waals surface area (Å²) >= 11 is 0. The van der Waals surface area contributed by atoms with Crippen molar-refractivity contribution in [2.75, 3.05) is 47.5 Å². The number of amides is 2.